The number of carbonyl (C=O) groups excluding carboxylic acids is 1. The van der Waals surface area contributed by atoms with Crippen LogP contribution in [0, 0.1) is 5.92 Å². The van der Waals surface area contributed by atoms with Crippen LogP contribution >= 0.6 is 0 Å². The molecule has 2 rings (SSSR count). The zero-order valence-corrected chi connectivity index (χ0v) is 14.2. The second kappa shape index (κ2) is 9.42. The first-order valence-corrected chi connectivity index (χ1v) is 8.76. The summed E-state index contributed by atoms with van der Waals surface area (Å²) < 4.78 is 11.2. The van der Waals surface area contributed by atoms with Crippen molar-refractivity contribution in [3.05, 3.63) is 29.8 Å². The van der Waals surface area contributed by atoms with Crippen molar-refractivity contribution in [2.75, 3.05) is 6.61 Å². The molecule has 0 spiro atoms. The molecule has 0 bridgehead atoms. The lowest BCUT2D eigenvalue weighted by atomic mass is 9.87. The van der Waals surface area contributed by atoms with Gasteiger partial charge >= 0.3 is 11.9 Å². The molecule has 1 aliphatic rings. The van der Waals surface area contributed by atoms with Crippen molar-refractivity contribution in [1.29, 1.82) is 0 Å². The molecule has 1 aliphatic carbocycles. The third kappa shape index (κ3) is 5.64. The van der Waals surface area contributed by atoms with Crippen LogP contribution in [0.4, 0.5) is 0 Å². The fourth-order valence-corrected chi connectivity index (χ4v) is 2.93. The minimum Gasteiger partial charge on any atom is -0.478 e. The highest BCUT2D eigenvalue weighted by Crippen LogP contribution is 2.28. The number of ether oxygens (including phenoxy) is 2. The van der Waals surface area contributed by atoms with Gasteiger partial charge in [0.2, 0.25) is 0 Å². The Labute approximate surface area is 143 Å². The summed E-state index contributed by atoms with van der Waals surface area (Å²) in [5, 5.41) is 8.86. The number of esters is 1. The fourth-order valence-electron chi connectivity index (χ4n) is 2.93. The SMILES string of the molecule is CCCCCOC1CCC(C(=O)Oc2ccc(C(=O)O)cc2)CC1. The number of aromatic carboxylic acids is 1. The number of rotatable bonds is 8. The summed E-state index contributed by atoms with van der Waals surface area (Å²) in [4.78, 5) is 23.0. The highest BCUT2D eigenvalue weighted by molar-refractivity contribution is 5.87. The first kappa shape index (κ1) is 18.5. The van der Waals surface area contributed by atoms with E-state index >= 15 is 0 Å². The molecular formula is C19H26O5. The summed E-state index contributed by atoms with van der Waals surface area (Å²) in [6, 6.07) is 5.91. The van der Waals surface area contributed by atoms with Crippen LogP contribution in [0.25, 0.3) is 0 Å². The average molecular weight is 334 g/mol. The third-order valence-electron chi connectivity index (χ3n) is 4.43. The van der Waals surface area contributed by atoms with Crippen molar-refractivity contribution >= 4 is 11.9 Å². The molecule has 5 nitrogen and oxygen atoms in total. The number of unbranched alkanes of at least 4 members (excludes halogenated alkanes) is 2. The van der Waals surface area contributed by atoms with Crippen LogP contribution in [0.1, 0.15) is 62.2 Å². The first-order valence-electron chi connectivity index (χ1n) is 8.76. The predicted octanol–water partition coefficient (Wildman–Crippen LogP) is 4.06. The molecule has 1 N–H and O–H groups in total. The summed E-state index contributed by atoms with van der Waals surface area (Å²) in [5.41, 5.74) is 0.176. The topological polar surface area (TPSA) is 72.8 Å². The quantitative estimate of drug-likeness (QED) is 0.441. The zero-order chi connectivity index (χ0) is 17.4. The minimum absolute atomic E-state index is 0.0976. The number of hydrogen-bond donors (Lipinski definition) is 1. The van der Waals surface area contributed by atoms with E-state index in [1.165, 1.54) is 37.1 Å². The van der Waals surface area contributed by atoms with Gasteiger partial charge < -0.3 is 14.6 Å². The maximum atomic E-state index is 12.2. The number of carboxylic acids is 1. The van der Waals surface area contributed by atoms with Gasteiger partial charge in [-0.15, -0.1) is 0 Å². The van der Waals surface area contributed by atoms with Crippen molar-refractivity contribution in [3.63, 3.8) is 0 Å². The molecule has 0 amide bonds. The van der Waals surface area contributed by atoms with E-state index in [4.69, 9.17) is 14.6 Å². The van der Waals surface area contributed by atoms with E-state index in [0.717, 1.165) is 38.7 Å². The van der Waals surface area contributed by atoms with Crippen molar-refractivity contribution in [3.8, 4) is 5.75 Å². The molecule has 132 valence electrons. The highest BCUT2D eigenvalue weighted by atomic mass is 16.5. The minimum atomic E-state index is -0.995. The third-order valence-corrected chi connectivity index (χ3v) is 4.43. The Kier molecular flexibility index (Phi) is 7.25. The standard InChI is InChI=1S/C19H26O5/c1-2-3-4-13-23-16-9-7-15(8-10-16)19(22)24-17-11-5-14(6-12-17)18(20)21/h5-6,11-12,15-16H,2-4,7-10,13H2,1H3,(H,20,21). The molecule has 0 aliphatic heterocycles. The van der Waals surface area contributed by atoms with E-state index in [1.807, 2.05) is 0 Å². The Hall–Kier alpha value is -1.88. The summed E-state index contributed by atoms with van der Waals surface area (Å²) in [5.74, 6) is -0.935. The molecule has 0 radical (unpaired) electrons. The van der Waals surface area contributed by atoms with Gasteiger partial charge in [0, 0.05) is 6.61 Å². The summed E-state index contributed by atoms with van der Waals surface area (Å²) in [6.07, 6.45) is 7.10. The van der Waals surface area contributed by atoms with Crippen molar-refractivity contribution in [2.45, 2.75) is 58.0 Å². The van der Waals surface area contributed by atoms with Crippen molar-refractivity contribution < 1.29 is 24.2 Å². The summed E-state index contributed by atoms with van der Waals surface area (Å²) in [7, 11) is 0. The van der Waals surface area contributed by atoms with Crippen LogP contribution in [0.15, 0.2) is 24.3 Å². The molecule has 5 heteroatoms. The lowest BCUT2D eigenvalue weighted by molar-refractivity contribution is -0.141. The van der Waals surface area contributed by atoms with E-state index < -0.39 is 5.97 Å². The molecule has 0 atom stereocenters. The lowest BCUT2D eigenvalue weighted by Crippen LogP contribution is -2.29. The largest absolute Gasteiger partial charge is 0.478 e. The Morgan fingerprint density at radius 1 is 1.08 bits per heavy atom. The summed E-state index contributed by atoms with van der Waals surface area (Å²) in [6.45, 7) is 2.98. The molecule has 1 saturated carbocycles. The van der Waals surface area contributed by atoms with Crippen LogP contribution in [0.3, 0.4) is 0 Å². The molecule has 0 unspecified atom stereocenters. The zero-order valence-electron chi connectivity index (χ0n) is 14.2. The van der Waals surface area contributed by atoms with Gasteiger partial charge in [0.25, 0.3) is 0 Å². The average Bonchev–Trinajstić information content (AvgIpc) is 2.59. The van der Waals surface area contributed by atoms with Gasteiger partial charge in [0.1, 0.15) is 5.75 Å². The van der Waals surface area contributed by atoms with Gasteiger partial charge in [-0.05, 0) is 56.4 Å². The van der Waals surface area contributed by atoms with Crippen LogP contribution < -0.4 is 4.74 Å². The molecular weight excluding hydrogens is 308 g/mol. The number of carbonyl (C=O) groups is 2. The maximum absolute atomic E-state index is 12.2. The molecule has 1 aromatic rings. The second-order valence-electron chi connectivity index (χ2n) is 6.30. The second-order valence-corrected chi connectivity index (χ2v) is 6.30. The normalized spacial score (nSPS) is 20.5. The Balaban J connectivity index is 1.73. The lowest BCUT2D eigenvalue weighted by Gasteiger charge is -2.27. The number of benzene rings is 1. The molecule has 0 heterocycles. The Morgan fingerprint density at radius 2 is 1.75 bits per heavy atom. The van der Waals surface area contributed by atoms with Gasteiger partial charge in [0.05, 0.1) is 17.6 Å². The van der Waals surface area contributed by atoms with E-state index in [2.05, 4.69) is 6.92 Å². The highest BCUT2D eigenvalue weighted by Gasteiger charge is 2.28. The molecule has 1 aromatic carbocycles. The Morgan fingerprint density at radius 3 is 2.33 bits per heavy atom. The van der Waals surface area contributed by atoms with Gasteiger partial charge in [-0.1, -0.05) is 19.8 Å². The van der Waals surface area contributed by atoms with Crippen LogP contribution in [-0.2, 0) is 9.53 Å². The Bertz CT molecular complexity index is 529. The van der Waals surface area contributed by atoms with Crippen LogP contribution in [0.5, 0.6) is 5.75 Å². The smallest absolute Gasteiger partial charge is 0.335 e. The van der Waals surface area contributed by atoms with E-state index in [0.29, 0.717) is 5.75 Å². The van der Waals surface area contributed by atoms with E-state index in [1.54, 1.807) is 0 Å². The molecule has 0 aromatic heterocycles. The maximum Gasteiger partial charge on any atom is 0.335 e. The molecule has 0 saturated heterocycles. The van der Waals surface area contributed by atoms with E-state index in [9.17, 15) is 9.59 Å². The van der Waals surface area contributed by atoms with Gasteiger partial charge in [-0.25, -0.2) is 4.79 Å². The van der Waals surface area contributed by atoms with Crippen LogP contribution in [0.2, 0.25) is 0 Å². The van der Waals surface area contributed by atoms with Crippen LogP contribution in [-0.4, -0.2) is 29.8 Å². The predicted molar refractivity (Wildman–Crippen MR) is 90.3 cm³/mol. The number of carboxylic acid groups (broad SMARTS) is 1. The van der Waals surface area contributed by atoms with Gasteiger partial charge in [-0.3, -0.25) is 4.79 Å². The van der Waals surface area contributed by atoms with Gasteiger partial charge in [0.15, 0.2) is 0 Å². The van der Waals surface area contributed by atoms with E-state index in [-0.39, 0.29) is 23.6 Å². The van der Waals surface area contributed by atoms with Crippen molar-refractivity contribution in [2.24, 2.45) is 5.92 Å². The summed E-state index contributed by atoms with van der Waals surface area (Å²) >= 11 is 0. The molecule has 24 heavy (non-hydrogen) atoms. The number of hydrogen-bond acceptors (Lipinski definition) is 4. The monoisotopic (exact) mass is 334 g/mol. The fraction of sp³-hybridized carbons (Fsp3) is 0.579. The first-order chi connectivity index (χ1) is 11.6. The molecule has 1 fully saturated rings. The van der Waals surface area contributed by atoms with Gasteiger partial charge in [-0.2, -0.15) is 0 Å². The van der Waals surface area contributed by atoms with Crippen molar-refractivity contribution in [1.82, 2.24) is 0 Å².